The van der Waals surface area contributed by atoms with E-state index in [9.17, 15) is 14.0 Å². The molecule has 5 nitrogen and oxygen atoms in total. The molecular formula is C21H16FN3O2. The SMILES string of the molecule is O=C(NN1C(=O)c2ccccc2NC1c1ccc(F)cc1)c1ccccc1. The number of nitrogens with zero attached hydrogens (tertiary/aromatic N) is 1. The second-order valence-electron chi connectivity index (χ2n) is 6.13. The van der Waals surface area contributed by atoms with Gasteiger partial charge >= 0.3 is 0 Å². The van der Waals surface area contributed by atoms with E-state index in [1.54, 1.807) is 54.6 Å². The molecule has 1 atom stereocenters. The van der Waals surface area contributed by atoms with Crippen LogP contribution in [0.3, 0.4) is 0 Å². The van der Waals surface area contributed by atoms with E-state index in [0.717, 1.165) is 0 Å². The number of nitrogens with one attached hydrogen (secondary N) is 2. The fraction of sp³-hybridized carbons (Fsp3) is 0.0476. The summed E-state index contributed by atoms with van der Waals surface area (Å²) in [6.07, 6.45) is -0.666. The second kappa shape index (κ2) is 6.92. The average Bonchev–Trinajstić information content (AvgIpc) is 2.71. The number of carbonyl (C=O) groups is 2. The number of halogens is 1. The topological polar surface area (TPSA) is 61.4 Å². The van der Waals surface area contributed by atoms with Gasteiger partial charge in [0, 0.05) is 11.3 Å². The molecule has 0 aromatic heterocycles. The van der Waals surface area contributed by atoms with Gasteiger partial charge in [0.05, 0.1) is 5.56 Å². The number of carbonyl (C=O) groups excluding carboxylic acids is 2. The summed E-state index contributed by atoms with van der Waals surface area (Å²) in [4.78, 5) is 25.6. The van der Waals surface area contributed by atoms with Crippen molar-refractivity contribution in [3.05, 3.63) is 101 Å². The molecule has 2 N–H and O–H groups in total. The van der Waals surface area contributed by atoms with Gasteiger partial charge in [-0.3, -0.25) is 15.0 Å². The second-order valence-corrected chi connectivity index (χ2v) is 6.13. The van der Waals surface area contributed by atoms with Crippen molar-refractivity contribution < 1.29 is 14.0 Å². The Morgan fingerprint density at radius 2 is 1.59 bits per heavy atom. The predicted octanol–water partition coefficient (Wildman–Crippen LogP) is 3.74. The highest BCUT2D eigenvalue weighted by molar-refractivity contribution is 6.03. The molecule has 0 spiro atoms. The number of hydrazine groups is 1. The molecule has 2 amide bonds. The monoisotopic (exact) mass is 361 g/mol. The Labute approximate surface area is 155 Å². The van der Waals surface area contributed by atoms with E-state index < -0.39 is 12.1 Å². The van der Waals surface area contributed by atoms with E-state index in [0.29, 0.717) is 22.4 Å². The van der Waals surface area contributed by atoms with Gasteiger partial charge in [-0.05, 0) is 42.0 Å². The van der Waals surface area contributed by atoms with E-state index >= 15 is 0 Å². The van der Waals surface area contributed by atoms with Gasteiger partial charge in [0.1, 0.15) is 12.0 Å². The summed E-state index contributed by atoms with van der Waals surface area (Å²) in [6.45, 7) is 0. The summed E-state index contributed by atoms with van der Waals surface area (Å²) in [5.41, 5.74) is 4.86. The summed E-state index contributed by atoms with van der Waals surface area (Å²) in [5, 5.41) is 4.48. The molecule has 3 aromatic carbocycles. The lowest BCUT2D eigenvalue weighted by molar-refractivity contribution is 0.0491. The first-order valence-electron chi connectivity index (χ1n) is 8.44. The molecule has 1 unspecified atom stereocenters. The van der Waals surface area contributed by atoms with Gasteiger partial charge in [0.2, 0.25) is 0 Å². The Balaban J connectivity index is 1.71. The molecular weight excluding hydrogens is 345 g/mol. The van der Waals surface area contributed by atoms with Crippen molar-refractivity contribution in [2.45, 2.75) is 6.17 Å². The Hall–Kier alpha value is -3.67. The molecule has 0 saturated carbocycles. The largest absolute Gasteiger partial charge is 0.359 e. The van der Waals surface area contributed by atoms with Crippen molar-refractivity contribution in [2.24, 2.45) is 0 Å². The third-order valence-electron chi connectivity index (χ3n) is 4.37. The predicted molar refractivity (Wildman–Crippen MR) is 99.3 cm³/mol. The molecule has 4 rings (SSSR count). The van der Waals surface area contributed by atoms with Gasteiger partial charge in [-0.2, -0.15) is 0 Å². The maximum absolute atomic E-state index is 13.3. The van der Waals surface area contributed by atoms with Crippen LogP contribution in [0.1, 0.15) is 32.4 Å². The van der Waals surface area contributed by atoms with Gasteiger partial charge in [-0.1, -0.05) is 42.5 Å². The molecule has 1 heterocycles. The molecule has 0 radical (unpaired) electrons. The highest BCUT2D eigenvalue weighted by atomic mass is 19.1. The molecule has 3 aromatic rings. The number of hydrogen-bond acceptors (Lipinski definition) is 3. The van der Waals surface area contributed by atoms with E-state index in [1.807, 2.05) is 12.1 Å². The standard InChI is InChI=1S/C21H16FN3O2/c22-16-12-10-14(11-13-16)19-23-18-9-5-4-8-17(18)21(27)25(19)24-20(26)15-6-2-1-3-7-15/h1-13,19,23H,(H,24,26). The molecule has 0 saturated heterocycles. The third kappa shape index (κ3) is 3.25. The zero-order valence-electron chi connectivity index (χ0n) is 14.2. The summed E-state index contributed by atoms with van der Waals surface area (Å²) in [7, 11) is 0. The maximum Gasteiger partial charge on any atom is 0.276 e. The number of anilines is 1. The zero-order chi connectivity index (χ0) is 18.8. The van der Waals surface area contributed by atoms with Gasteiger partial charge in [0.25, 0.3) is 11.8 Å². The van der Waals surface area contributed by atoms with Gasteiger partial charge in [0.15, 0.2) is 0 Å². The van der Waals surface area contributed by atoms with Crippen molar-refractivity contribution in [3.63, 3.8) is 0 Å². The quantitative estimate of drug-likeness (QED) is 0.747. The summed E-state index contributed by atoms with van der Waals surface area (Å²) >= 11 is 0. The van der Waals surface area contributed by atoms with Crippen LogP contribution in [-0.2, 0) is 0 Å². The van der Waals surface area contributed by atoms with Gasteiger partial charge < -0.3 is 5.32 Å². The zero-order valence-corrected chi connectivity index (χ0v) is 14.2. The maximum atomic E-state index is 13.3. The first-order chi connectivity index (χ1) is 13.1. The van der Waals surface area contributed by atoms with Crippen LogP contribution in [0, 0.1) is 5.82 Å². The number of para-hydroxylation sites is 1. The van der Waals surface area contributed by atoms with E-state index in [4.69, 9.17) is 0 Å². The van der Waals surface area contributed by atoms with Crippen molar-refractivity contribution in [3.8, 4) is 0 Å². The molecule has 0 fully saturated rings. The molecule has 0 bridgehead atoms. The van der Waals surface area contributed by atoms with Gasteiger partial charge in [-0.25, -0.2) is 9.40 Å². The third-order valence-corrected chi connectivity index (χ3v) is 4.37. The van der Waals surface area contributed by atoms with Crippen molar-refractivity contribution >= 4 is 17.5 Å². The van der Waals surface area contributed by atoms with Crippen molar-refractivity contribution in [1.29, 1.82) is 0 Å². The van der Waals surface area contributed by atoms with E-state index in [1.165, 1.54) is 17.1 Å². The highest BCUT2D eigenvalue weighted by Gasteiger charge is 2.34. The number of fused-ring (bicyclic) bond motifs is 1. The molecule has 1 aliphatic heterocycles. The smallest absolute Gasteiger partial charge is 0.276 e. The Kier molecular flexibility index (Phi) is 4.30. The van der Waals surface area contributed by atoms with Crippen molar-refractivity contribution in [2.75, 3.05) is 5.32 Å². The fourth-order valence-electron chi connectivity index (χ4n) is 3.01. The Bertz CT molecular complexity index is 990. The number of hydrogen-bond donors (Lipinski definition) is 2. The summed E-state index contributed by atoms with van der Waals surface area (Å²) < 4.78 is 13.3. The van der Waals surface area contributed by atoms with Crippen LogP contribution in [0.25, 0.3) is 0 Å². The molecule has 0 aliphatic carbocycles. The van der Waals surface area contributed by atoms with Crippen LogP contribution in [0.15, 0.2) is 78.9 Å². The first kappa shape index (κ1) is 16.8. The molecule has 1 aliphatic rings. The average molecular weight is 361 g/mol. The number of rotatable bonds is 3. The van der Waals surface area contributed by atoms with Crippen LogP contribution >= 0.6 is 0 Å². The summed E-state index contributed by atoms with van der Waals surface area (Å²) in [6, 6.07) is 21.5. The fourth-order valence-corrected chi connectivity index (χ4v) is 3.01. The van der Waals surface area contributed by atoms with Crippen LogP contribution in [0.5, 0.6) is 0 Å². The van der Waals surface area contributed by atoms with Crippen LogP contribution < -0.4 is 10.7 Å². The Morgan fingerprint density at radius 1 is 0.926 bits per heavy atom. The molecule has 134 valence electrons. The minimum Gasteiger partial charge on any atom is -0.359 e. The molecule has 27 heavy (non-hydrogen) atoms. The Morgan fingerprint density at radius 3 is 2.33 bits per heavy atom. The minimum atomic E-state index is -0.666. The van der Waals surface area contributed by atoms with Gasteiger partial charge in [-0.15, -0.1) is 0 Å². The normalized spacial score (nSPS) is 15.7. The van der Waals surface area contributed by atoms with Crippen LogP contribution in [-0.4, -0.2) is 16.8 Å². The van der Waals surface area contributed by atoms with Crippen LogP contribution in [0.4, 0.5) is 10.1 Å². The lowest BCUT2D eigenvalue weighted by Crippen LogP contribution is -2.52. The molecule has 6 heteroatoms. The number of benzene rings is 3. The highest BCUT2D eigenvalue weighted by Crippen LogP contribution is 2.32. The minimum absolute atomic E-state index is 0.344. The number of amides is 2. The lowest BCUT2D eigenvalue weighted by Gasteiger charge is -2.37. The van der Waals surface area contributed by atoms with Crippen molar-refractivity contribution in [1.82, 2.24) is 10.4 Å². The first-order valence-corrected chi connectivity index (χ1v) is 8.44. The van der Waals surface area contributed by atoms with E-state index in [2.05, 4.69) is 10.7 Å². The van der Waals surface area contributed by atoms with E-state index in [-0.39, 0.29) is 11.7 Å². The lowest BCUT2D eigenvalue weighted by atomic mass is 10.0. The van der Waals surface area contributed by atoms with Crippen LogP contribution in [0.2, 0.25) is 0 Å². The summed E-state index contributed by atoms with van der Waals surface area (Å²) in [5.74, 6) is -1.12.